The summed E-state index contributed by atoms with van der Waals surface area (Å²) >= 11 is 1.04. The highest BCUT2D eigenvalue weighted by Gasteiger charge is 2.34. The van der Waals surface area contributed by atoms with E-state index in [4.69, 9.17) is 4.74 Å². The number of thioether (sulfide) groups is 1. The maximum Gasteiger partial charge on any atom is 0.433 e. The number of carbonyl (C=O) groups is 1. The largest absolute Gasteiger partial charge is 0.496 e. The van der Waals surface area contributed by atoms with E-state index in [1.807, 2.05) is 12.1 Å². The van der Waals surface area contributed by atoms with Crippen LogP contribution in [0, 0.1) is 17.2 Å². The number of benzene rings is 2. The average Bonchev–Trinajstić information content (AvgIpc) is 3.71. The summed E-state index contributed by atoms with van der Waals surface area (Å²) < 4.78 is 46.3. The number of carbonyl (C=O) groups excluding carboxylic acids is 1. The van der Waals surface area contributed by atoms with Gasteiger partial charge in [-0.1, -0.05) is 42.5 Å². The van der Waals surface area contributed by atoms with Crippen molar-refractivity contribution in [1.29, 1.82) is 5.26 Å². The summed E-state index contributed by atoms with van der Waals surface area (Å²) in [6.07, 6.45) is 0.465. The van der Waals surface area contributed by atoms with Gasteiger partial charge in [0.05, 0.1) is 12.7 Å². The lowest BCUT2D eigenvalue weighted by molar-refractivity contribution is -0.141. The number of aromatic nitrogens is 1. The van der Waals surface area contributed by atoms with Crippen molar-refractivity contribution in [3.63, 3.8) is 0 Å². The summed E-state index contributed by atoms with van der Waals surface area (Å²) in [7, 11) is 1.51. The zero-order valence-corrected chi connectivity index (χ0v) is 19.6. The molecule has 1 heterocycles. The third kappa shape index (κ3) is 5.92. The van der Waals surface area contributed by atoms with E-state index in [1.165, 1.54) is 7.11 Å². The first-order valence-electron chi connectivity index (χ1n) is 10.9. The van der Waals surface area contributed by atoms with Gasteiger partial charge in [0.15, 0.2) is 5.78 Å². The third-order valence-electron chi connectivity index (χ3n) is 5.56. The number of hydrogen-bond donors (Lipinski definition) is 0. The van der Waals surface area contributed by atoms with E-state index >= 15 is 0 Å². The molecular formula is C27H21F3N2O2S. The number of rotatable bonds is 8. The molecule has 1 aromatic heterocycles. The van der Waals surface area contributed by atoms with Crippen molar-refractivity contribution in [2.75, 3.05) is 7.11 Å². The number of ether oxygens (including phenoxy) is 1. The van der Waals surface area contributed by atoms with Crippen LogP contribution in [0.1, 0.15) is 35.2 Å². The molecule has 35 heavy (non-hydrogen) atoms. The number of nitriles is 1. The van der Waals surface area contributed by atoms with Crippen molar-refractivity contribution in [3.05, 3.63) is 83.1 Å². The van der Waals surface area contributed by atoms with Crippen LogP contribution in [0.25, 0.3) is 17.2 Å². The fourth-order valence-corrected chi connectivity index (χ4v) is 4.55. The van der Waals surface area contributed by atoms with Crippen molar-refractivity contribution in [1.82, 2.24) is 4.98 Å². The van der Waals surface area contributed by atoms with Crippen LogP contribution in [-0.4, -0.2) is 17.9 Å². The molecule has 0 bridgehead atoms. The van der Waals surface area contributed by atoms with Crippen LogP contribution in [0.5, 0.6) is 5.75 Å². The Morgan fingerprint density at radius 2 is 1.94 bits per heavy atom. The number of halogens is 3. The zero-order chi connectivity index (χ0) is 25.0. The fraction of sp³-hybridized carbons (Fsp3) is 0.222. The van der Waals surface area contributed by atoms with Gasteiger partial charge in [-0.15, -0.1) is 11.8 Å². The predicted octanol–water partition coefficient (Wildman–Crippen LogP) is 6.93. The molecule has 4 nitrogen and oxygen atoms in total. The standard InChI is InChI=1S/C27H21F3N2O2S/c1-34-24-12-8-17(7-11-23(33)19-9-10-19)13-20(24)16-35-26-22(15-31)21(18-5-3-2-4-6-18)14-25(32-26)27(28,29)30/h2-8,11-14,19H,9-10,16H2,1H3/b11-7+. The van der Waals surface area contributed by atoms with Crippen LogP contribution in [0.3, 0.4) is 0 Å². The van der Waals surface area contributed by atoms with E-state index in [1.54, 1.807) is 54.6 Å². The van der Waals surface area contributed by atoms with Crippen molar-refractivity contribution < 1.29 is 22.7 Å². The topological polar surface area (TPSA) is 63.0 Å². The molecule has 4 rings (SSSR count). The molecule has 0 radical (unpaired) electrons. The highest BCUT2D eigenvalue weighted by molar-refractivity contribution is 7.98. The number of nitrogens with zero attached hydrogens (tertiary/aromatic N) is 2. The summed E-state index contributed by atoms with van der Waals surface area (Å²) in [4.78, 5) is 15.8. The van der Waals surface area contributed by atoms with Crippen LogP contribution in [0.2, 0.25) is 0 Å². The molecule has 1 saturated carbocycles. The van der Waals surface area contributed by atoms with E-state index in [2.05, 4.69) is 4.98 Å². The van der Waals surface area contributed by atoms with Crippen molar-refractivity contribution >= 4 is 23.6 Å². The Bertz CT molecular complexity index is 1310. The van der Waals surface area contributed by atoms with Crippen LogP contribution >= 0.6 is 11.8 Å². The molecule has 1 fully saturated rings. The number of allylic oxidation sites excluding steroid dienone is 1. The number of ketones is 1. The van der Waals surface area contributed by atoms with E-state index in [-0.39, 0.29) is 33.6 Å². The van der Waals surface area contributed by atoms with Crippen molar-refractivity contribution in [3.8, 4) is 22.9 Å². The molecule has 0 atom stereocenters. The van der Waals surface area contributed by atoms with Crippen LogP contribution in [0.4, 0.5) is 13.2 Å². The Hall–Kier alpha value is -3.57. The minimum Gasteiger partial charge on any atom is -0.496 e. The number of alkyl halides is 3. The van der Waals surface area contributed by atoms with Crippen LogP contribution in [0.15, 0.2) is 65.7 Å². The summed E-state index contributed by atoms with van der Waals surface area (Å²) in [5.74, 6) is 0.988. The molecule has 1 aliphatic rings. The quantitative estimate of drug-likeness (QED) is 0.251. The number of methoxy groups -OCH3 is 1. The van der Waals surface area contributed by atoms with Gasteiger partial charge in [0.1, 0.15) is 22.5 Å². The number of hydrogen-bond acceptors (Lipinski definition) is 5. The van der Waals surface area contributed by atoms with Crippen molar-refractivity contribution in [2.24, 2.45) is 5.92 Å². The Morgan fingerprint density at radius 3 is 2.57 bits per heavy atom. The highest BCUT2D eigenvalue weighted by Crippen LogP contribution is 2.38. The zero-order valence-electron chi connectivity index (χ0n) is 18.8. The Labute approximate surface area is 205 Å². The maximum atomic E-state index is 13.6. The van der Waals surface area contributed by atoms with Crippen LogP contribution < -0.4 is 4.74 Å². The molecule has 2 aromatic carbocycles. The molecule has 0 amide bonds. The average molecular weight is 495 g/mol. The van der Waals surface area contributed by atoms with Crippen LogP contribution in [-0.2, 0) is 16.7 Å². The van der Waals surface area contributed by atoms with Gasteiger partial charge >= 0.3 is 6.18 Å². The lowest BCUT2D eigenvalue weighted by Gasteiger charge is -2.15. The Morgan fingerprint density at radius 1 is 1.20 bits per heavy atom. The summed E-state index contributed by atoms with van der Waals surface area (Å²) in [5, 5.41) is 9.81. The van der Waals surface area contributed by atoms with Gasteiger partial charge in [0, 0.05) is 22.8 Å². The first-order valence-corrected chi connectivity index (χ1v) is 11.9. The molecule has 0 N–H and O–H groups in total. The Balaban J connectivity index is 1.68. The van der Waals surface area contributed by atoms with Gasteiger partial charge < -0.3 is 4.74 Å². The molecule has 1 aliphatic carbocycles. The van der Waals surface area contributed by atoms with E-state index in [9.17, 15) is 23.2 Å². The highest BCUT2D eigenvalue weighted by atomic mass is 32.2. The second kappa shape index (κ2) is 10.4. The Kier molecular flexibility index (Phi) is 7.27. The second-order valence-electron chi connectivity index (χ2n) is 8.08. The minimum absolute atomic E-state index is 0.00640. The van der Waals surface area contributed by atoms with Gasteiger partial charge in [0.2, 0.25) is 0 Å². The summed E-state index contributed by atoms with van der Waals surface area (Å²) in [6.45, 7) is 0. The summed E-state index contributed by atoms with van der Waals surface area (Å²) in [6, 6.07) is 16.8. The lowest BCUT2D eigenvalue weighted by atomic mass is 10.0. The van der Waals surface area contributed by atoms with Gasteiger partial charge in [0.25, 0.3) is 0 Å². The molecule has 3 aromatic rings. The molecule has 0 unspecified atom stereocenters. The number of pyridine rings is 1. The van der Waals surface area contributed by atoms with Gasteiger partial charge in [-0.3, -0.25) is 4.79 Å². The van der Waals surface area contributed by atoms with E-state index in [0.717, 1.165) is 36.2 Å². The summed E-state index contributed by atoms with van der Waals surface area (Å²) in [5.41, 5.74) is 1.20. The van der Waals surface area contributed by atoms with Gasteiger partial charge in [-0.25, -0.2) is 4.98 Å². The molecule has 8 heteroatoms. The smallest absolute Gasteiger partial charge is 0.433 e. The molecule has 0 saturated heterocycles. The third-order valence-corrected chi connectivity index (χ3v) is 6.59. The van der Waals surface area contributed by atoms with E-state index in [0.29, 0.717) is 16.9 Å². The molecular weight excluding hydrogens is 473 g/mol. The molecule has 178 valence electrons. The van der Waals surface area contributed by atoms with E-state index < -0.39 is 11.9 Å². The minimum atomic E-state index is -4.66. The SMILES string of the molecule is COc1ccc(/C=C/C(=O)C2CC2)cc1CSc1nc(C(F)(F)F)cc(-c2ccccc2)c1C#N. The normalized spacial score (nSPS) is 13.6. The molecule has 0 spiro atoms. The second-order valence-corrected chi connectivity index (χ2v) is 9.04. The van der Waals surface area contributed by atoms with Gasteiger partial charge in [-0.05, 0) is 48.2 Å². The monoisotopic (exact) mass is 494 g/mol. The predicted molar refractivity (Wildman–Crippen MR) is 129 cm³/mol. The first-order chi connectivity index (χ1) is 16.8. The lowest BCUT2D eigenvalue weighted by Crippen LogP contribution is -2.10. The maximum absolute atomic E-state index is 13.6. The van der Waals surface area contributed by atoms with Crippen molar-refractivity contribution in [2.45, 2.75) is 29.8 Å². The first kappa shape index (κ1) is 24.6. The molecule has 0 aliphatic heterocycles. The fourth-order valence-electron chi connectivity index (χ4n) is 3.57. The van der Waals surface area contributed by atoms with Gasteiger partial charge in [-0.2, -0.15) is 18.4 Å².